The Balaban J connectivity index is 2.77. The van der Waals surface area contributed by atoms with Crippen molar-refractivity contribution < 1.29 is 5.11 Å². The standard InChI is InChI=1S/C10H15NO/c1-3-4-7-11-8-5-6-10(11)9(2)12/h3-6,8-9,12H,7H2,1-2H3. The molecule has 1 aromatic heterocycles. The fraction of sp³-hybridized carbons (Fsp3) is 0.400. The van der Waals surface area contributed by atoms with Crippen molar-refractivity contribution in [2.45, 2.75) is 26.5 Å². The van der Waals surface area contributed by atoms with Gasteiger partial charge < -0.3 is 9.67 Å². The lowest BCUT2D eigenvalue weighted by Crippen LogP contribution is -2.02. The summed E-state index contributed by atoms with van der Waals surface area (Å²) in [6, 6.07) is 3.89. The Labute approximate surface area is 73.1 Å². The molecule has 0 aliphatic rings. The third-order valence-electron chi connectivity index (χ3n) is 1.83. The molecule has 0 amide bonds. The molecular formula is C10H15NO. The SMILES string of the molecule is CC=CCn1cccc1C(C)O. The first kappa shape index (κ1) is 9.07. The molecule has 0 aliphatic heterocycles. The minimum Gasteiger partial charge on any atom is -0.387 e. The van der Waals surface area contributed by atoms with Crippen LogP contribution in [0.25, 0.3) is 0 Å². The van der Waals surface area contributed by atoms with E-state index in [1.54, 1.807) is 6.92 Å². The van der Waals surface area contributed by atoms with Crippen molar-refractivity contribution in [3.05, 3.63) is 36.2 Å². The monoisotopic (exact) mass is 165 g/mol. The van der Waals surface area contributed by atoms with Gasteiger partial charge in [0, 0.05) is 18.4 Å². The van der Waals surface area contributed by atoms with Crippen LogP contribution in [0, 0.1) is 0 Å². The lowest BCUT2D eigenvalue weighted by Gasteiger charge is -2.08. The smallest absolute Gasteiger partial charge is 0.0911 e. The Morgan fingerprint density at radius 1 is 1.67 bits per heavy atom. The Morgan fingerprint density at radius 2 is 2.42 bits per heavy atom. The summed E-state index contributed by atoms with van der Waals surface area (Å²) in [7, 11) is 0. The highest BCUT2D eigenvalue weighted by molar-refractivity contribution is 5.10. The first-order valence-electron chi connectivity index (χ1n) is 4.20. The minimum absolute atomic E-state index is 0.384. The number of aliphatic hydroxyl groups excluding tert-OH is 1. The van der Waals surface area contributed by atoms with E-state index < -0.39 is 0 Å². The van der Waals surface area contributed by atoms with Crippen LogP contribution in [-0.2, 0) is 6.54 Å². The van der Waals surface area contributed by atoms with Crippen LogP contribution in [0.1, 0.15) is 25.6 Å². The van der Waals surface area contributed by atoms with Crippen LogP contribution in [0.3, 0.4) is 0 Å². The van der Waals surface area contributed by atoms with Gasteiger partial charge in [-0.15, -0.1) is 0 Å². The molecule has 1 unspecified atom stereocenters. The summed E-state index contributed by atoms with van der Waals surface area (Å²) < 4.78 is 2.03. The Morgan fingerprint density at radius 3 is 3.00 bits per heavy atom. The van der Waals surface area contributed by atoms with E-state index in [4.69, 9.17) is 0 Å². The molecule has 0 bridgehead atoms. The molecule has 66 valence electrons. The molecule has 1 atom stereocenters. The summed E-state index contributed by atoms with van der Waals surface area (Å²) in [5.41, 5.74) is 0.966. The lowest BCUT2D eigenvalue weighted by molar-refractivity contribution is 0.190. The topological polar surface area (TPSA) is 25.2 Å². The van der Waals surface area contributed by atoms with Gasteiger partial charge in [0.15, 0.2) is 0 Å². The molecule has 0 radical (unpaired) electrons. The maximum absolute atomic E-state index is 9.35. The molecule has 0 aliphatic carbocycles. The maximum atomic E-state index is 9.35. The van der Waals surface area contributed by atoms with Gasteiger partial charge in [-0.25, -0.2) is 0 Å². The molecule has 12 heavy (non-hydrogen) atoms. The molecule has 0 saturated carbocycles. The Kier molecular flexibility index (Phi) is 3.11. The van der Waals surface area contributed by atoms with Crippen LogP contribution < -0.4 is 0 Å². The quantitative estimate of drug-likeness (QED) is 0.682. The van der Waals surface area contributed by atoms with Gasteiger partial charge in [0.2, 0.25) is 0 Å². The Bertz CT molecular complexity index is 261. The fourth-order valence-electron chi connectivity index (χ4n) is 1.19. The van der Waals surface area contributed by atoms with Crippen LogP contribution in [-0.4, -0.2) is 9.67 Å². The first-order valence-corrected chi connectivity index (χ1v) is 4.20. The average Bonchev–Trinajstić information content (AvgIpc) is 2.48. The van der Waals surface area contributed by atoms with Crippen LogP contribution >= 0.6 is 0 Å². The van der Waals surface area contributed by atoms with Crippen LogP contribution in [0.2, 0.25) is 0 Å². The third kappa shape index (κ3) is 1.98. The fourth-order valence-corrected chi connectivity index (χ4v) is 1.19. The number of hydrogen-bond donors (Lipinski definition) is 1. The maximum Gasteiger partial charge on any atom is 0.0911 e. The zero-order valence-corrected chi connectivity index (χ0v) is 7.57. The predicted octanol–water partition coefficient (Wildman–Crippen LogP) is 2.12. The van der Waals surface area contributed by atoms with Gasteiger partial charge in [0.05, 0.1) is 6.10 Å². The largest absolute Gasteiger partial charge is 0.387 e. The highest BCUT2D eigenvalue weighted by atomic mass is 16.3. The van der Waals surface area contributed by atoms with E-state index in [1.165, 1.54) is 0 Å². The second-order valence-electron chi connectivity index (χ2n) is 2.83. The molecule has 0 fully saturated rings. The molecule has 0 spiro atoms. The zero-order valence-electron chi connectivity index (χ0n) is 7.57. The van der Waals surface area contributed by atoms with Crippen LogP contribution in [0.15, 0.2) is 30.5 Å². The second-order valence-corrected chi connectivity index (χ2v) is 2.83. The first-order chi connectivity index (χ1) is 5.75. The number of nitrogens with zero attached hydrogens (tertiary/aromatic N) is 1. The Hall–Kier alpha value is -1.02. The second kappa shape index (κ2) is 4.12. The summed E-state index contributed by atoms with van der Waals surface area (Å²) >= 11 is 0. The van der Waals surface area contributed by atoms with E-state index in [0.717, 1.165) is 12.2 Å². The molecule has 2 heteroatoms. The van der Waals surface area contributed by atoms with Crippen molar-refractivity contribution in [2.75, 3.05) is 0 Å². The molecule has 1 rings (SSSR count). The van der Waals surface area contributed by atoms with Crippen molar-refractivity contribution in [1.82, 2.24) is 4.57 Å². The minimum atomic E-state index is -0.384. The number of aromatic nitrogens is 1. The van der Waals surface area contributed by atoms with E-state index in [1.807, 2.05) is 35.9 Å². The molecule has 0 aromatic carbocycles. The predicted molar refractivity (Wildman–Crippen MR) is 49.9 cm³/mol. The summed E-state index contributed by atoms with van der Waals surface area (Å²) in [5, 5.41) is 9.35. The summed E-state index contributed by atoms with van der Waals surface area (Å²) in [5.74, 6) is 0. The number of allylic oxidation sites excluding steroid dienone is 2. The van der Waals surface area contributed by atoms with Gasteiger partial charge in [-0.3, -0.25) is 0 Å². The van der Waals surface area contributed by atoms with E-state index in [9.17, 15) is 5.11 Å². The van der Waals surface area contributed by atoms with E-state index in [2.05, 4.69) is 6.08 Å². The van der Waals surface area contributed by atoms with Crippen LogP contribution in [0.5, 0.6) is 0 Å². The normalized spacial score (nSPS) is 13.9. The van der Waals surface area contributed by atoms with Gasteiger partial charge >= 0.3 is 0 Å². The molecular weight excluding hydrogens is 150 g/mol. The lowest BCUT2D eigenvalue weighted by atomic mass is 10.3. The van der Waals surface area contributed by atoms with Gasteiger partial charge in [-0.2, -0.15) is 0 Å². The van der Waals surface area contributed by atoms with Crippen molar-refractivity contribution in [1.29, 1.82) is 0 Å². The van der Waals surface area contributed by atoms with Crippen LogP contribution in [0.4, 0.5) is 0 Å². The van der Waals surface area contributed by atoms with E-state index in [-0.39, 0.29) is 6.10 Å². The van der Waals surface area contributed by atoms with E-state index >= 15 is 0 Å². The molecule has 1 heterocycles. The number of hydrogen-bond acceptors (Lipinski definition) is 1. The van der Waals surface area contributed by atoms with Crippen molar-refractivity contribution in [3.63, 3.8) is 0 Å². The van der Waals surface area contributed by atoms with Gasteiger partial charge in [0.1, 0.15) is 0 Å². The van der Waals surface area contributed by atoms with Crippen molar-refractivity contribution in [3.8, 4) is 0 Å². The van der Waals surface area contributed by atoms with Crippen molar-refractivity contribution >= 4 is 0 Å². The highest BCUT2D eigenvalue weighted by Gasteiger charge is 2.04. The van der Waals surface area contributed by atoms with Gasteiger partial charge in [-0.05, 0) is 26.0 Å². The third-order valence-corrected chi connectivity index (χ3v) is 1.83. The zero-order chi connectivity index (χ0) is 8.97. The summed E-state index contributed by atoms with van der Waals surface area (Å²) in [4.78, 5) is 0. The van der Waals surface area contributed by atoms with Gasteiger partial charge in [-0.1, -0.05) is 12.2 Å². The molecule has 1 aromatic rings. The van der Waals surface area contributed by atoms with E-state index in [0.29, 0.717) is 0 Å². The van der Waals surface area contributed by atoms with Gasteiger partial charge in [0.25, 0.3) is 0 Å². The molecule has 1 N–H and O–H groups in total. The summed E-state index contributed by atoms with van der Waals surface area (Å²) in [6.07, 6.45) is 5.66. The molecule has 0 saturated heterocycles. The number of aliphatic hydroxyl groups is 1. The average molecular weight is 165 g/mol. The highest BCUT2D eigenvalue weighted by Crippen LogP contribution is 2.12. The summed E-state index contributed by atoms with van der Waals surface area (Å²) in [6.45, 7) is 4.61. The van der Waals surface area contributed by atoms with Crippen molar-refractivity contribution in [2.24, 2.45) is 0 Å². The molecule has 2 nitrogen and oxygen atoms in total. The number of rotatable bonds is 3.